The van der Waals surface area contributed by atoms with Crippen molar-refractivity contribution in [2.24, 2.45) is 0 Å². The number of aryl methyl sites for hydroxylation is 1. The summed E-state index contributed by atoms with van der Waals surface area (Å²) in [5.41, 5.74) is 0.584. The number of nitrogens with zero attached hydrogens (tertiary/aromatic N) is 1. The highest BCUT2D eigenvalue weighted by atomic mass is 32.2. The van der Waals surface area contributed by atoms with Gasteiger partial charge in [0, 0.05) is 12.3 Å². The topological polar surface area (TPSA) is 165 Å². The lowest BCUT2D eigenvalue weighted by Gasteiger charge is -2.37. The maximum Gasteiger partial charge on any atom is 0.330 e. The Bertz CT molecular complexity index is 2160. The molecule has 0 unspecified atom stereocenters. The molecular formula is C40H42N2O11S. The van der Waals surface area contributed by atoms with Gasteiger partial charge in [-0.15, -0.1) is 0 Å². The van der Waals surface area contributed by atoms with E-state index in [0.717, 1.165) is 32.9 Å². The quantitative estimate of drug-likeness (QED) is 0.0851. The number of nitrogens with one attached hydrogen (secondary N) is 1. The zero-order chi connectivity index (χ0) is 38.3. The number of rotatable bonds is 16. The molecule has 1 aliphatic heterocycles. The molecule has 2 N–H and O–H groups in total. The minimum Gasteiger partial charge on any atom is -0.497 e. The number of aromatic amines is 1. The Labute approximate surface area is 312 Å². The van der Waals surface area contributed by atoms with Gasteiger partial charge in [-0.3, -0.25) is 14.3 Å². The van der Waals surface area contributed by atoms with Gasteiger partial charge in [-0.2, -0.15) is 0 Å². The van der Waals surface area contributed by atoms with Gasteiger partial charge in [0.2, 0.25) is 0 Å². The van der Waals surface area contributed by atoms with Crippen LogP contribution in [0, 0.1) is 6.92 Å². The second-order valence-corrected chi connectivity index (χ2v) is 14.8. The first-order valence-electron chi connectivity index (χ1n) is 17.2. The number of hydrogen-bond acceptors (Lipinski definition) is 11. The van der Waals surface area contributed by atoms with Crippen LogP contribution in [0.2, 0.25) is 0 Å². The predicted molar refractivity (Wildman–Crippen MR) is 198 cm³/mol. The van der Waals surface area contributed by atoms with Crippen LogP contribution in [0.1, 0.15) is 28.5 Å². The SMILES string of the molecule is COc1ccc(C(OC[C@H]2O[C@@H](n3ccc(=O)[nH]c3=O)[C@H](OCOCCS(=O)(=O)c3ccc(C)cc3)[C@@H]2O)(c2ccccc2)c2ccc(OC)cc2)cc1. The number of hydrogen-bond donors (Lipinski definition) is 2. The maximum atomic E-state index is 12.9. The minimum atomic E-state index is -3.62. The second-order valence-electron chi connectivity index (χ2n) is 12.7. The first-order valence-corrected chi connectivity index (χ1v) is 18.8. The van der Waals surface area contributed by atoms with Crippen molar-refractivity contribution < 1.29 is 41.9 Å². The zero-order valence-electron chi connectivity index (χ0n) is 30.0. The average molecular weight is 759 g/mol. The van der Waals surface area contributed by atoms with E-state index in [4.69, 9.17) is 28.4 Å². The van der Waals surface area contributed by atoms with E-state index in [1.807, 2.05) is 85.8 Å². The fourth-order valence-corrected chi connectivity index (χ4v) is 7.51. The standard InChI is InChI=1S/C40H42N2O11S/c1-27-9-19-33(20-10-27)54(46,47)24-23-50-26-51-37-36(44)34(53-38(37)42-22-21-35(43)41-39(42)45)25-52-40(28-7-5-4-6-8-28,29-11-15-31(48-2)16-12-29)30-13-17-32(49-3)18-14-30/h4-22,34,36-38,44H,23-26H2,1-3H3,(H,41,43,45)/t34-,36-,37-,38-/m1/s1. The van der Waals surface area contributed by atoms with Crippen molar-refractivity contribution in [1.82, 2.24) is 9.55 Å². The summed E-state index contributed by atoms with van der Waals surface area (Å²) in [7, 11) is -0.457. The molecule has 1 fully saturated rings. The summed E-state index contributed by atoms with van der Waals surface area (Å²) in [4.78, 5) is 27.2. The number of benzene rings is 4. The van der Waals surface area contributed by atoms with E-state index in [0.29, 0.717) is 11.5 Å². The van der Waals surface area contributed by atoms with Crippen LogP contribution in [-0.4, -0.2) is 81.4 Å². The lowest BCUT2D eigenvalue weighted by molar-refractivity contribution is -0.138. The van der Waals surface area contributed by atoms with Crippen molar-refractivity contribution in [3.63, 3.8) is 0 Å². The Hall–Kier alpha value is -5.09. The molecular weight excluding hydrogens is 717 g/mol. The van der Waals surface area contributed by atoms with Gasteiger partial charge in [0.25, 0.3) is 5.56 Å². The Morgan fingerprint density at radius 3 is 1.98 bits per heavy atom. The van der Waals surface area contributed by atoms with Crippen LogP contribution in [0.5, 0.6) is 11.5 Å². The molecule has 284 valence electrons. The Morgan fingerprint density at radius 1 is 0.815 bits per heavy atom. The number of aliphatic hydroxyl groups excluding tert-OH is 1. The van der Waals surface area contributed by atoms with E-state index >= 15 is 0 Å². The largest absolute Gasteiger partial charge is 0.497 e. The molecule has 0 spiro atoms. The average Bonchev–Trinajstić information content (AvgIpc) is 3.49. The first kappa shape index (κ1) is 38.6. The van der Waals surface area contributed by atoms with Crippen LogP contribution < -0.4 is 20.7 Å². The molecule has 4 atom stereocenters. The Balaban J connectivity index is 1.27. The van der Waals surface area contributed by atoms with Gasteiger partial charge in [-0.05, 0) is 60.0 Å². The van der Waals surface area contributed by atoms with E-state index in [-0.39, 0.29) is 23.9 Å². The van der Waals surface area contributed by atoms with E-state index in [2.05, 4.69) is 4.98 Å². The van der Waals surface area contributed by atoms with E-state index in [1.165, 1.54) is 18.3 Å². The van der Waals surface area contributed by atoms with Crippen molar-refractivity contribution in [1.29, 1.82) is 0 Å². The molecule has 0 bridgehead atoms. The summed E-state index contributed by atoms with van der Waals surface area (Å²) in [6.45, 7) is 1.05. The van der Waals surface area contributed by atoms with Crippen LogP contribution in [0.3, 0.4) is 0 Å². The summed E-state index contributed by atoms with van der Waals surface area (Å²) in [6, 6.07) is 32.1. The van der Waals surface area contributed by atoms with Crippen molar-refractivity contribution in [2.45, 2.75) is 42.0 Å². The fraction of sp³-hybridized carbons (Fsp3) is 0.300. The molecule has 1 aliphatic rings. The maximum absolute atomic E-state index is 12.9. The molecule has 2 heterocycles. The van der Waals surface area contributed by atoms with Gasteiger partial charge in [-0.1, -0.05) is 72.3 Å². The van der Waals surface area contributed by atoms with Crippen molar-refractivity contribution in [2.75, 3.05) is 40.0 Å². The number of H-pyrrole nitrogens is 1. The van der Waals surface area contributed by atoms with Crippen LogP contribution >= 0.6 is 0 Å². The third-order valence-corrected chi connectivity index (χ3v) is 11.0. The Kier molecular flexibility index (Phi) is 12.1. The molecule has 54 heavy (non-hydrogen) atoms. The lowest BCUT2D eigenvalue weighted by Crippen LogP contribution is -2.41. The minimum absolute atomic E-state index is 0.174. The normalized spacial score (nSPS) is 18.7. The van der Waals surface area contributed by atoms with Gasteiger partial charge in [0.15, 0.2) is 16.1 Å². The number of ether oxygens (including phenoxy) is 6. The molecule has 0 amide bonds. The van der Waals surface area contributed by atoms with Gasteiger partial charge in [0.1, 0.15) is 42.2 Å². The molecule has 4 aromatic carbocycles. The third-order valence-electron chi connectivity index (χ3n) is 9.30. The van der Waals surface area contributed by atoms with Crippen LogP contribution in [0.4, 0.5) is 0 Å². The summed E-state index contributed by atoms with van der Waals surface area (Å²) in [5, 5.41) is 11.7. The van der Waals surface area contributed by atoms with Crippen LogP contribution in [-0.2, 0) is 34.4 Å². The molecule has 5 aromatic rings. The highest BCUT2D eigenvalue weighted by molar-refractivity contribution is 7.91. The molecule has 13 nitrogen and oxygen atoms in total. The van der Waals surface area contributed by atoms with Crippen LogP contribution in [0.15, 0.2) is 130 Å². The third kappa shape index (κ3) is 8.34. The first-order chi connectivity index (χ1) is 26.1. The summed E-state index contributed by atoms with van der Waals surface area (Å²) >= 11 is 0. The molecule has 14 heteroatoms. The summed E-state index contributed by atoms with van der Waals surface area (Å²) in [6.07, 6.45) is -3.58. The van der Waals surface area contributed by atoms with Crippen molar-refractivity contribution in [3.05, 3.63) is 158 Å². The number of aliphatic hydroxyl groups is 1. The fourth-order valence-electron chi connectivity index (χ4n) is 6.39. The van der Waals surface area contributed by atoms with Gasteiger partial charge in [-0.25, -0.2) is 13.2 Å². The van der Waals surface area contributed by atoms with Gasteiger partial charge >= 0.3 is 5.69 Å². The molecule has 6 rings (SSSR count). The molecule has 0 radical (unpaired) electrons. The van der Waals surface area contributed by atoms with Gasteiger partial charge in [0.05, 0.1) is 38.1 Å². The van der Waals surface area contributed by atoms with Crippen molar-refractivity contribution >= 4 is 9.84 Å². The smallest absolute Gasteiger partial charge is 0.330 e. The number of sulfone groups is 1. The summed E-state index contributed by atoms with van der Waals surface area (Å²) < 4.78 is 62.3. The predicted octanol–water partition coefficient (Wildman–Crippen LogP) is 3.96. The van der Waals surface area contributed by atoms with Crippen molar-refractivity contribution in [3.8, 4) is 11.5 Å². The molecule has 0 saturated carbocycles. The molecule has 1 saturated heterocycles. The number of aromatic nitrogens is 2. The molecule has 0 aliphatic carbocycles. The molecule has 1 aromatic heterocycles. The Morgan fingerprint density at radius 2 is 1.41 bits per heavy atom. The second kappa shape index (κ2) is 16.9. The van der Waals surface area contributed by atoms with Crippen LogP contribution in [0.25, 0.3) is 0 Å². The number of methoxy groups -OCH3 is 2. The van der Waals surface area contributed by atoms with E-state index in [9.17, 15) is 23.1 Å². The highest BCUT2D eigenvalue weighted by Gasteiger charge is 2.48. The van der Waals surface area contributed by atoms with Gasteiger partial charge < -0.3 is 33.5 Å². The van der Waals surface area contributed by atoms with E-state index < -0.39 is 58.0 Å². The summed E-state index contributed by atoms with van der Waals surface area (Å²) in [5.74, 6) is 0.990. The van der Waals surface area contributed by atoms with E-state index in [1.54, 1.807) is 26.4 Å². The zero-order valence-corrected chi connectivity index (χ0v) is 30.8. The monoisotopic (exact) mass is 758 g/mol. The highest BCUT2D eigenvalue weighted by Crippen LogP contribution is 2.43. The lowest BCUT2D eigenvalue weighted by atomic mass is 9.80.